The molecule has 0 heterocycles. The van der Waals surface area contributed by atoms with Crippen molar-refractivity contribution in [2.24, 2.45) is 0 Å². The summed E-state index contributed by atoms with van der Waals surface area (Å²) in [5, 5.41) is 0. The standard InChI is InChI=1S/C23H29O3/c1-2-3-4-5-6-7-8-14-19-25-26-23(24)22-18-13-12-17-21(22)20-15-10-9-11-16-20/h9-13,15-18H,1-8,14,19H2. The third kappa shape index (κ3) is 7.01. The van der Waals surface area contributed by atoms with Crippen molar-refractivity contribution in [3.8, 4) is 11.1 Å². The topological polar surface area (TPSA) is 35.5 Å². The van der Waals surface area contributed by atoms with E-state index in [9.17, 15) is 4.79 Å². The van der Waals surface area contributed by atoms with Crippen LogP contribution in [0.15, 0.2) is 54.6 Å². The number of rotatable bonds is 12. The molecule has 0 unspecified atom stereocenters. The van der Waals surface area contributed by atoms with Crippen molar-refractivity contribution in [3.63, 3.8) is 0 Å². The van der Waals surface area contributed by atoms with Gasteiger partial charge in [0.15, 0.2) is 0 Å². The third-order valence-electron chi connectivity index (χ3n) is 4.34. The molecule has 26 heavy (non-hydrogen) atoms. The summed E-state index contributed by atoms with van der Waals surface area (Å²) >= 11 is 0. The van der Waals surface area contributed by atoms with Gasteiger partial charge >= 0.3 is 5.97 Å². The van der Waals surface area contributed by atoms with Crippen LogP contribution in [0.2, 0.25) is 0 Å². The molecule has 139 valence electrons. The lowest BCUT2D eigenvalue weighted by atomic mass is 10.00. The quantitative estimate of drug-likeness (QED) is 0.252. The summed E-state index contributed by atoms with van der Waals surface area (Å²) in [5.41, 5.74) is 2.35. The minimum atomic E-state index is -0.447. The summed E-state index contributed by atoms with van der Waals surface area (Å²) in [6.07, 6.45) is 9.27. The van der Waals surface area contributed by atoms with E-state index in [2.05, 4.69) is 6.92 Å². The zero-order valence-electron chi connectivity index (χ0n) is 15.5. The van der Waals surface area contributed by atoms with E-state index in [-0.39, 0.29) is 0 Å². The van der Waals surface area contributed by atoms with Gasteiger partial charge in [-0.05, 0) is 23.6 Å². The van der Waals surface area contributed by atoms with Crippen LogP contribution in [-0.4, -0.2) is 12.6 Å². The summed E-state index contributed by atoms with van der Waals surface area (Å²) in [6, 6.07) is 17.2. The van der Waals surface area contributed by atoms with Crippen molar-refractivity contribution < 1.29 is 14.6 Å². The lowest BCUT2D eigenvalue weighted by Gasteiger charge is -2.09. The average Bonchev–Trinajstić information content (AvgIpc) is 2.70. The lowest BCUT2D eigenvalue weighted by molar-refractivity contribution is -0.241. The van der Waals surface area contributed by atoms with E-state index in [1.807, 2.05) is 48.5 Å². The summed E-state index contributed by atoms with van der Waals surface area (Å²) in [5.74, 6) is -0.447. The van der Waals surface area contributed by atoms with Crippen LogP contribution in [0.1, 0.15) is 61.7 Å². The third-order valence-corrected chi connectivity index (χ3v) is 4.34. The van der Waals surface area contributed by atoms with Crippen LogP contribution in [-0.2, 0) is 9.78 Å². The van der Waals surface area contributed by atoms with Gasteiger partial charge in [0.05, 0.1) is 12.2 Å². The van der Waals surface area contributed by atoms with Gasteiger partial charge in [0, 0.05) is 0 Å². The molecular formula is C23H29O3. The molecule has 0 saturated carbocycles. The second kappa shape index (κ2) is 12.3. The molecule has 0 aromatic heterocycles. The maximum Gasteiger partial charge on any atom is 0.373 e. The molecule has 0 amide bonds. The summed E-state index contributed by atoms with van der Waals surface area (Å²) in [6.45, 7) is 4.30. The Kier molecular flexibility index (Phi) is 9.52. The monoisotopic (exact) mass is 353 g/mol. The molecule has 0 fully saturated rings. The largest absolute Gasteiger partial charge is 0.373 e. The first-order valence-corrected chi connectivity index (χ1v) is 9.60. The highest BCUT2D eigenvalue weighted by atomic mass is 17.2. The molecule has 1 radical (unpaired) electrons. The number of carbonyl (C=O) groups excluding carboxylic acids is 1. The highest BCUT2D eigenvalue weighted by molar-refractivity contribution is 5.96. The number of benzene rings is 2. The molecule has 2 aromatic carbocycles. The average molecular weight is 353 g/mol. The molecule has 0 N–H and O–H groups in total. The van der Waals surface area contributed by atoms with Crippen molar-refractivity contribution in [2.75, 3.05) is 6.61 Å². The molecule has 2 rings (SSSR count). The predicted molar refractivity (Wildman–Crippen MR) is 106 cm³/mol. The van der Waals surface area contributed by atoms with Crippen LogP contribution in [0.3, 0.4) is 0 Å². The first-order chi connectivity index (χ1) is 12.8. The molecule has 0 aliphatic heterocycles. The first kappa shape index (κ1) is 20.2. The van der Waals surface area contributed by atoms with Gasteiger partial charge in [0.2, 0.25) is 0 Å². The molecule has 2 aromatic rings. The van der Waals surface area contributed by atoms with Crippen LogP contribution in [0.4, 0.5) is 0 Å². The van der Waals surface area contributed by atoms with Crippen LogP contribution in [0.25, 0.3) is 11.1 Å². The maximum absolute atomic E-state index is 12.3. The molecular weight excluding hydrogens is 324 g/mol. The minimum Gasteiger partial charge on any atom is -0.293 e. The smallest absolute Gasteiger partial charge is 0.293 e. The summed E-state index contributed by atoms with van der Waals surface area (Å²) in [7, 11) is 0. The van der Waals surface area contributed by atoms with Crippen molar-refractivity contribution >= 4 is 5.97 Å². The maximum atomic E-state index is 12.3. The Hall–Kier alpha value is -2.13. The fourth-order valence-electron chi connectivity index (χ4n) is 2.89. The van der Waals surface area contributed by atoms with Crippen LogP contribution >= 0.6 is 0 Å². The molecule has 0 spiro atoms. The Morgan fingerprint density at radius 3 is 2.12 bits per heavy atom. The Balaban J connectivity index is 1.69. The van der Waals surface area contributed by atoms with Gasteiger partial charge in [0.25, 0.3) is 0 Å². The highest BCUT2D eigenvalue weighted by Gasteiger charge is 2.14. The van der Waals surface area contributed by atoms with Crippen molar-refractivity contribution in [1.82, 2.24) is 0 Å². The van der Waals surface area contributed by atoms with E-state index in [1.165, 1.54) is 32.1 Å². The fraction of sp³-hybridized carbons (Fsp3) is 0.391. The lowest BCUT2D eigenvalue weighted by Crippen LogP contribution is -2.08. The van der Waals surface area contributed by atoms with Gasteiger partial charge in [-0.15, -0.1) is 0 Å². The van der Waals surface area contributed by atoms with Gasteiger partial charge in [-0.25, -0.2) is 4.79 Å². The number of unbranched alkanes of at least 4 members (excludes halogenated alkanes) is 7. The van der Waals surface area contributed by atoms with Crippen LogP contribution < -0.4 is 0 Å². The van der Waals surface area contributed by atoms with Crippen LogP contribution in [0.5, 0.6) is 0 Å². The second-order valence-corrected chi connectivity index (χ2v) is 6.43. The van der Waals surface area contributed by atoms with E-state index in [1.54, 1.807) is 6.07 Å². The molecule has 0 aliphatic carbocycles. The number of hydrogen-bond donors (Lipinski definition) is 0. The summed E-state index contributed by atoms with van der Waals surface area (Å²) < 4.78 is 0. The Labute approximate surface area is 157 Å². The fourth-order valence-corrected chi connectivity index (χ4v) is 2.89. The SMILES string of the molecule is [CH2]CCCCCCCCCOOC(=O)c1ccccc1-c1ccccc1. The number of hydrogen-bond acceptors (Lipinski definition) is 3. The van der Waals surface area contributed by atoms with Gasteiger partial charge in [-0.1, -0.05) is 100 Å². The molecule has 0 atom stereocenters. The Morgan fingerprint density at radius 2 is 1.38 bits per heavy atom. The molecule has 0 aliphatic rings. The van der Waals surface area contributed by atoms with E-state index in [0.29, 0.717) is 12.2 Å². The van der Waals surface area contributed by atoms with Crippen molar-refractivity contribution in [1.29, 1.82) is 0 Å². The van der Waals surface area contributed by atoms with Crippen LogP contribution in [0, 0.1) is 6.92 Å². The normalized spacial score (nSPS) is 10.7. The van der Waals surface area contributed by atoms with Crippen molar-refractivity contribution in [3.05, 3.63) is 67.1 Å². The highest BCUT2D eigenvalue weighted by Crippen LogP contribution is 2.24. The second-order valence-electron chi connectivity index (χ2n) is 6.43. The number of carbonyl (C=O) groups is 1. The molecule has 0 saturated heterocycles. The summed E-state index contributed by atoms with van der Waals surface area (Å²) in [4.78, 5) is 22.5. The zero-order chi connectivity index (χ0) is 18.5. The van der Waals surface area contributed by atoms with E-state index < -0.39 is 5.97 Å². The molecule has 3 nitrogen and oxygen atoms in total. The van der Waals surface area contributed by atoms with Gasteiger partial charge in [-0.3, -0.25) is 4.89 Å². The molecule has 0 bridgehead atoms. The first-order valence-electron chi connectivity index (χ1n) is 9.60. The van der Waals surface area contributed by atoms with E-state index in [0.717, 1.165) is 30.4 Å². The van der Waals surface area contributed by atoms with Gasteiger partial charge in [0.1, 0.15) is 0 Å². The predicted octanol–water partition coefficient (Wildman–Crippen LogP) is 6.40. The van der Waals surface area contributed by atoms with Gasteiger partial charge < -0.3 is 0 Å². The Morgan fingerprint density at radius 1 is 0.769 bits per heavy atom. The van der Waals surface area contributed by atoms with Crippen molar-refractivity contribution in [2.45, 2.75) is 51.4 Å². The zero-order valence-corrected chi connectivity index (χ0v) is 15.5. The molecule has 3 heteroatoms. The van der Waals surface area contributed by atoms with E-state index in [4.69, 9.17) is 9.78 Å². The minimum absolute atomic E-state index is 0.443. The van der Waals surface area contributed by atoms with E-state index >= 15 is 0 Å². The Bertz CT molecular complexity index is 637. The van der Waals surface area contributed by atoms with Gasteiger partial charge in [-0.2, -0.15) is 4.89 Å².